The number of nitrogens with one attached hydrogen (secondary N) is 1. The van der Waals surface area contributed by atoms with E-state index in [2.05, 4.69) is 9.97 Å². The standard InChI is InChI=1S/C10H17N3O3S/c1-8-11-7-10(12-8)17(14,15)13(5-6-16-2)9-3-4-9/h7,9H,3-6H2,1-2H3,(H,11,12). The fourth-order valence-corrected chi connectivity index (χ4v) is 3.33. The molecule has 17 heavy (non-hydrogen) atoms. The minimum absolute atomic E-state index is 0.124. The normalized spacial score (nSPS) is 16.6. The van der Waals surface area contributed by atoms with Gasteiger partial charge in [0.1, 0.15) is 5.82 Å². The maximum Gasteiger partial charge on any atom is 0.260 e. The van der Waals surface area contributed by atoms with Crippen LogP contribution in [0.1, 0.15) is 18.7 Å². The zero-order chi connectivity index (χ0) is 12.5. The average molecular weight is 259 g/mol. The molecule has 6 nitrogen and oxygen atoms in total. The second kappa shape index (κ2) is 4.75. The lowest BCUT2D eigenvalue weighted by Crippen LogP contribution is -2.36. The molecule has 0 amide bonds. The number of rotatable bonds is 6. The lowest BCUT2D eigenvalue weighted by Gasteiger charge is -2.20. The molecular formula is C10H17N3O3S. The summed E-state index contributed by atoms with van der Waals surface area (Å²) in [6, 6.07) is 0.124. The van der Waals surface area contributed by atoms with Crippen molar-refractivity contribution in [2.45, 2.75) is 30.8 Å². The van der Waals surface area contributed by atoms with Crippen molar-refractivity contribution in [3.05, 3.63) is 12.0 Å². The predicted molar refractivity (Wildman–Crippen MR) is 62.1 cm³/mol. The van der Waals surface area contributed by atoms with Crippen LogP contribution >= 0.6 is 0 Å². The topological polar surface area (TPSA) is 75.3 Å². The summed E-state index contributed by atoms with van der Waals surface area (Å²) in [5.74, 6) is 0.603. The number of nitrogens with zero attached hydrogens (tertiary/aromatic N) is 2. The summed E-state index contributed by atoms with van der Waals surface area (Å²) in [4.78, 5) is 6.71. The minimum Gasteiger partial charge on any atom is -0.383 e. The first kappa shape index (κ1) is 12.5. The number of hydrogen-bond donors (Lipinski definition) is 1. The number of ether oxygens (including phenoxy) is 1. The quantitative estimate of drug-likeness (QED) is 0.808. The van der Waals surface area contributed by atoms with Crippen molar-refractivity contribution in [3.63, 3.8) is 0 Å². The van der Waals surface area contributed by atoms with Gasteiger partial charge in [-0.15, -0.1) is 0 Å². The van der Waals surface area contributed by atoms with Crippen LogP contribution in [-0.4, -0.2) is 49.0 Å². The summed E-state index contributed by atoms with van der Waals surface area (Å²) in [6.45, 7) is 2.53. The molecule has 1 saturated carbocycles. The molecule has 0 spiro atoms. The molecule has 0 bridgehead atoms. The van der Waals surface area contributed by atoms with E-state index in [9.17, 15) is 8.42 Å². The van der Waals surface area contributed by atoms with Gasteiger partial charge < -0.3 is 9.72 Å². The van der Waals surface area contributed by atoms with Crippen LogP contribution in [0.2, 0.25) is 0 Å². The number of hydrogen-bond acceptors (Lipinski definition) is 4. The third kappa shape index (κ3) is 2.67. The molecule has 1 N–H and O–H groups in total. The first-order chi connectivity index (χ1) is 8.05. The van der Waals surface area contributed by atoms with Gasteiger partial charge in [0.2, 0.25) is 0 Å². The summed E-state index contributed by atoms with van der Waals surface area (Å²) >= 11 is 0. The largest absolute Gasteiger partial charge is 0.383 e. The van der Waals surface area contributed by atoms with Gasteiger partial charge in [-0.05, 0) is 19.8 Å². The molecule has 0 radical (unpaired) electrons. The second-order valence-corrected chi connectivity index (χ2v) is 6.03. The summed E-state index contributed by atoms with van der Waals surface area (Å²) in [5.41, 5.74) is 0. The Balaban J connectivity index is 2.21. The van der Waals surface area contributed by atoms with E-state index in [-0.39, 0.29) is 11.1 Å². The number of imidazole rings is 1. The smallest absolute Gasteiger partial charge is 0.260 e. The SMILES string of the molecule is COCCN(C1CC1)S(=O)(=O)c1cnc(C)[nH]1. The summed E-state index contributed by atoms with van der Waals surface area (Å²) in [6.07, 6.45) is 3.22. The fraction of sp³-hybridized carbons (Fsp3) is 0.700. The van der Waals surface area contributed by atoms with E-state index in [1.807, 2.05) is 0 Å². The Morgan fingerprint density at radius 1 is 1.59 bits per heavy atom. The van der Waals surface area contributed by atoms with Crippen LogP contribution in [0.15, 0.2) is 11.2 Å². The Morgan fingerprint density at radius 3 is 2.76 bits per heavy atom. The summed E-state index contributed by atoms with van der Waals surface area (Å²) < 4.78 is 31.1. The van der Waals surface area contributed by atoms with Crippen LogP contribution in [0, 0.1) is 6.92 Å². The van der Waals surface area contributed by atoms with Crippen molar-refractivity contribution in [2.75, 3.05) is 20.3 Å². The third-order valence-electron chi connectivity index (χ3n) is 2.74. The Bertz CT molecular complexity index is 479. The van der Waals surface area contributed by atoms with Crippen LogP contribution in [0.4, 0.5) is 0 Å². The fourth-order valence-electron chi connectivity index (χ4n) is 1.70. The predicted octanol–water partition coefficient (Wildman–Crippen LogP) is 0.518. The molecule has 1 aliphatic carbocycles. The van der Waals surface area contributed by atoms with Crippen LogP contribution < -0.4 is 0 Å². The first-order valence-electron chi connectivity index (χ1n) is 5.58. The molecule has 1 aromatic heterocycles. The number of aryl methyl sites for hydroxylation is 1. The average Bonchev–Trinajstić information content (AvgIpc) is 3.00. The molecule has 96 valence electrons. The van der Waals surface area contributed by atoms with E-state index in [1.54, 1.807) is 14.0 Å². The van der Waals surface area contributed by atoms with Crippen molar-refractivity contribution in [1.82, 2.24) is 14.3 Å². The minimum atomic E-state index is -3.45. The molecule has 0 aliphatic heterocycles. The van der Waals surface area contributed by atoms with Crippen LogP contribution in [0.3, 0.4) is 0 Å². The molecule has 1 aliphatic rings. The van der Waals surface area contributed by atoms with Crippen LogP contribution in [-0.2, 0) is 14.8 Å². The lowest BCUT2D eigenvalue weighted by atomic mass is 10.6. The van der Waals surface area contributed by atoms with Gasteiger partial charge in [-0.1, -0.05) is 0 Å². The highest BCUT2D eigenvalue weighted by atomic mass is 32.2. The number of sulfonamides is 1. The number of methoxy groups -OCH3 is 1. The number of H-pyrrole nitrogens is 1. The molecule has 7 heteroatoms. The van der Waals surface area contributed by atoms with E-state index in [4.69, 9.17) is 4.74 Å². The molecule has 0 unspecified atom stereocenters. The van der Waals surface area contributed by atoms with Crippen molar-refractivity contribution >= 4 is 10.0 Å². The highest BCUT2D eigenvalue weighted by Crippen LogP contribution is 2.31. The zero-order valence-corrected chi connectivity index (χ0v) is 10.8. The van der Waals surface area contributed by atoms with Gasteiger partial charge in [0.25, 0.3) is 10.0 Å². The highest BCUT2D eigenvalue weighted by molar-refractivity contribution is 7.89. The zero-order valence-electron chi connectivity index (χ0n) is 10.0. The van der Waals surface area contributed by atoms with E-state index in [0.29, 0.717) is 19.0 Å². The van der Waals surface area contributed by atoms with Crippen LogP contribution in [0.25, 0.3) is 0 Å². The van der Waals surface area contributed by atoms with E-state index >= 15 is 0 Å². The molecule has 1 aromatic rings. The number of aromatic nitrogens is 2. The molecular weight excluding hydrogens is 242 g/mol. The van der Waals surface area contributed by atoms with Gasteiger partial charge in [-0.3, -0.25) is 0 Å². The van der Waals surface area contributed by atoms with Gasteiger partial charge in [0.05, 0.1) is 12.8 Å². The number of aromatic amines is 1. The van der Waals surface area contributed by atoms with Gasteiger partial charge in [0, 0.05) is 19.7 Å². The lowest BCUT2D eigenvalue weighted by molar-refractivity contribution is 0.177. The van der Waals surface area contributed by atoms with Crippen molar-refractivity contribution in [3.8, 4) is 0 Å². The third-order valence-corrected chi connectivity index (χ3v) is 4.60. The Labute approximate surface area is 101 Å². The second-order valence-electron chi connectivity index (χ2n) is 4.17. The van der Waals surface area contributed by atoms with E-state index in [0.717, 1.165) is 12.8 Å². The van der Waals surface area contributed by atoms with Gasteiger partial charge in [-0.2, -0.15) is 4.31 Å². The van der Waals surface area contributed by atoms with E-state index in [1.165, 1.54) is 10.5 Å². The monoisotopic (exact) mass is 259 g/mol. The van der Waals surface area contributed by atoms with Gasteiger partial charge >= 0.3 is 0 Å². The maximum absolute atomic E-state index is 12.3. The Kier molecular flexibility index (Phi) is 3.50. The Hall–Kier alpha value is -0.920. The first-order valence-corrected chi connectivity index (χ1v) is 7.02. The molecule has 0 saturated heterocycles. The van der Waals surface area contributed by atoms with Crippen LogP contribution in [0.5, 0.6) is 0 Å². The van der Waals surface area contributed by atoms with Gasteiger partial charge in [0.15, 0.2) is 5.03 Å². The highest BCUT2D eigenvalue weighted by Gasteiger charge is 2.38. The molecule has 1 heterocycles. The molecule has 0 aromatic carbocycles. The summed E-state index contributed by atoms with van der Waals surface area (Å²) in [7, 11) is -1.89. The Morgan fingerprint density at radius 2 is 2.29 bits per heavy atom. The molecule has 0 atom stereocenters. The van der Waals surface area contributed by atoms with Crippen molar-refractivity contribution < 1.29 is 13.2 Å². The molecule has 1 fully saturated rings. The molecule has 2 rings (SSSR count). The maximum atomic E-state index is 12.3. The van der Waals surface area contributed by atoms with E-state index < -0.39 is 10.0 Å². The van der Waals surface area contributed by atoms with Crippen molar-refractivity contribution in [1.29, 1.82) is 0 Å². The van der Waals surface area contributed by atoms with Gasteiger partial charge in [-0.25, -0.2) is 13.4 Å². The summed E-state index contributed by atoms with van der Waals surface area (Å²) in [5, 5.41) is 0.165. The van der Waals surface area contributed by atoms with Crippen molar-refractivity contribution in [2.24, 2.45) is 0 Å².